The Kier molecular flexibility index (Phi) is 5.41. The zero-order chi connectivity index (χ0) is 12.7. The maximum Gasteiger partial charge on any atom is 0.325 e. The molecule has 0 aliphatic heterocycles. The number of hydrogen-bond acceptors (Lipinski definition) is 7. The van der Waals surface area contributed by atoms with E-state index in [0.29, 0.717) is 13.2 Å². The lowest BCUT2D eigenvalue weighted by Crippen LogP contribution is -2.18. The van der Waals surface area contributed by atoms with Gasteiger partial charge in [-0.15, -0.1) is 0 Å². The Morgan fingerprint density at radius 3 is 2.71 bits per heavy atom. The number of rotatable bonds is 6. The zero-order valence-electron chi connectivity index (χ0n) is 9.57. The largest absolute Gasteiger partial charge is 0.465 e. The van der Waals surface area contributed by atoms with E-state index in [9.17, 15) is 4.79 Å². The molecule has 0 aliphatic carbocycles. The number of nitrogens with zero attached hydrogens (tertiary/aromatic N) is 3. The molecule has 0 amide bonds. The maximum absolute atomic E-state index is 11.1. The van der Waals surface area contributed by atoms with Gasteiger partial charge in [-0.25, -0.2) is 0 Å². The van der Waals surface area contributed by atoms with E-state index >= 15 is 0 Å². The first kappa shape index (κ1) is 13.4. The van der Waals surface area contributed by atoms with E-state index in [1.54, 1.807) is 13.8 Å². The fourth-order valence-corrected chi connectivity index (χ4v) is 1.12. The maximum atomic E-state index is 11.1. The minimum absolute atomic E-state index is 0.00481. The molecule has 0 radical (unpaired) electrons. The molecule has 94 valence electrons. The molecule has 17 heavy (non-hydrogen) atoms. The van der Waals surface area contributed by atoms with Gasteiger partial charge in [0, 0.05) is 0 Å². The van der Waals surface area contributed by atoms with Gasteiger partial charge in [-0.3, -0.25) is 4.79 Å². The van der Waals surface area contributed by atoms with Crippen LogP contribution in [0.15, 0.2) is 0 Å². The molecule has 0 atom stereocenters. The predicted octanol–water partition coefficient (Wildman–Crippen LogP) is 0.899. The number of hydrogen-bond donors (Lipinski definition) is 1. The number of carbonyl (C=O) groups excluding carboxylic acids is 1. The Balaban J connectivity index is 2.61. The number of nitrogens with one attached hydrogen (secondary N) is 1. The summed E-state index contributed by atoms with van der Waals surface area (Å²) in [5.74, 6) is -0.233. The molecule has 0 bridgehead atoms. The lowest BCUT2D eigenvalue weighted by molar-refractivity contribution is -0.140. The summed E-state index contributed by atoms with van der Waals surface area (Å²) in [4.78, 5) is 22.5. The van der Waals surface area contributed by atoms with Gasteiger partial charge in [-0.1, -0.05) is 0 Å². The molecule has 1 rings (SSSR count). The van der Waals surface area contributed by atoms with Gasteiger partial charge >= 0.3 is 12.0 Å². The lowest BCUT2D eigenvalue weighted by Gasteiger charge is -2.06. The Morgan fingerprint density at radius 1 is 1.29 bits per heavy atom. The fraction of sp³-hybridized carbons (Fsp3) is 0.556. The van der Waals surface area contributed by atoms with Crippen LogP contribution in [-0.4, -0.2) is 40.7 Å². The second-order valence-corrected chi connectivity index (χ2v) is 3.14. The second kappa shape index (κ2) is 6.85. The van der Waals surface area contributed by atoms with Gasteiger partial charge in [-0.05, 0) is 25.4 Å². The van der Waals surface area contributed by atoms with Gasteiger partial charge in [0.05, 0.1) is 13.2 Å². The van der Waals surface area contributed by atoms with Crippen molar-refractivity contribution in [3.05, 3.63) is 5.28 Å². The lowest BCUT2D eigenvalue weighted by atomic mass is 10.6. The highest BCUT2D eigenvalue weighted by atomic mass is 35.5. The summed E-state index contributed by atoms with van der Waals surface area (Å²) in [6.07, 6.45) is 0. The van der Waals surface area contributed by atoms with Gasteiger partial charge < -0.3 is 14.8 Å². The third kappa shape index (κ3) is 4.81. The smallest absolute Gasteiger partial charge is 0.325 e. The highest BCUT2D eigenvalue weighted by molar-refractivity contribution is 6.28. The molecule has 0 saturated carbocycles. The second-order valence-electron chi connectivity index (χ2n) is 2.80. The van der Waals surface area contributed by atoms with Crippen LogP contribution in [0.25, 0.3) is 0 Å². The first-order chi connectivity index (χ1) is 8.15. The molecule has 0 spiro atoms. The quantitative estimate of drug-likeness (QED) is 0.761. The molecule has 0 aromatic carbocycles. The molecule has 1 heterocycles. The van der Waals surface area contributed by atoms with Crippen LogP contribution in [0.3, 0.4) is 0 Å². The first-order valence-electron chi connectivity index (χ1n) is 5.09. The summed E-state index contributed by atoms with van der Waals surface area (Å²) in [6.45, 7) is 4.22. The molecule has 8 heteroatoms. The van der Waals surface area contributed by atoms with Crippen LogP contribution >= 0.6 is 11.6 Å². The van der Waals surface area contributed by atoms with Crippen molar-refractivity contribution in [2.45, 2.75) is 13.8 Å². The molecule has 1 aromatic rings. The number of anilines is 1. The average Bonchev–Trinajstić information content (AvgIpc) is 2.26. The van der Waals surface area contributed by atoms with Crippen LogP contribution in [-0.2, 0) is 9.53 Å². The van der Waals surface area contributed by atoms with Crippen molar-refractivity contribution < 1.29 is 14.3 Å². The van der Waals surface area contributed by atoms with Gasteiger partial charge in [0.15, 0.2) is 0 Å². The van der Waals surface area contributed by atoms with E-state index in [0.717, 1.165) is 0 Å². The van der Waals surface area contributed by atoms with E-state index < -0.39 is 5.97 Å². The summed E-state index contributed by atoms with van der Waals surface area (Å²) in [5.41, 5.74) is 0. The van der Waals surface area contributed by atoms with E-state index in [2.05, 4.69) is 20.3 Å². The van der Waals surface area contributed by atoms with Crippen molar-refractivity contribution in [2.75, 3.05) is 25.1 Å². The fourth-order valence-electron chi connectivity index (χ4n) is 0.968. The number of ether oxygens (including phenoxy) is 2. The minimum atomic E-state index is -0.401. The monoisotopic (exact) mass is 260 g/mol. The minimum Gasteiger partial charge on any atom is -0.465 e. The molecule has 1 N–H and O–H groups in total. The summed E-state index contributed by atoms with van der Waals surface area (Å²) >= 11 is 5.66. The molecule has 0 saturated heterocycles. The summed E-state index contributed by atoms with van der Waals surface area (Å²) in [7, 11) is 0. The Hall–Kier alpha value is -1.63. The summed E-state index contributed by atoms with van der Waals surface area (Å²) < 4.78 is 9.81. The predicted molar refractivity (Wildman–Crippen MR) is 61.1 cm³/mol. The van der Waals surface area contributed by atoms with Gasteiger partial charge in [0.2, 0.25) is 11.2 Å². The van der Waals surface area contributed by atoms with Crippen molar-refractivity contribution in [2.24, 2.45) is 0 Å². The standard InChI is InChI=1S/C9H13ClN4O3/c1-3-16-6(15)5-11-8-12-7(10)13-9(14-8)17-4-2/h3-5H2,1-2H3,(H,11,12,13,14). The normalized spacial score (nSPS) is 9.82. The van der Waals surface area contributed by atoms with Crippen molar-refractivity contribution in [3.63, 3.8) is 0 Å². The van der Waals surface area contributed by atoms with E-state index in [1.165, 1.54) is 0 Å². The van der Waals surface area contributed by atoms with Crippen LogP contribution in [0.1, 0.15) is 13.8 Å². The van der Waals surface area contributed by atoms with Crippen LogP contribution < -0.4 is 10.1 Å². The molecule has 0 aliphatic rings. The Bertz CT molecular complexity index is 389. The molecular formula is C9H13ClN4O3. The zero-order valence-corrected chi connectivity index (χ0v) is 10.3. The van der Waals surface area contributed by atoms with Crippen LogP contribution in [0.4, 0.5) is 5.95 Å². The van der Waals surface area contributed by atoms with Crippen LogP contribution in [0, 0.1) is 0 Å². The molecular weight excluding hydrogens is 248 g/mol. The number of halogens is 1. The summed E-state index contributed by atoms with van der Waals surface area (Å²) in [6, 6.07) is 0.110. The topological polar surface area (TPSA) is 86.2 Å². The number of carbonyl (C=O) groups is 1. The highest BCUT2D eigenvalue weighted by Crippen LogP contribution is 2.10. The van der Waals surface area contributed by atoms with Crippen molar-refractivity contribution in [1.82, 2.24) is 15.0 Å². The highest BCUT2D eigenvalue weighted by Gasteiger charge is 2.07. The van der Waals surface area contributed by atoms with E-state index in [1.807, 2.05) is 0 Å². The van der Waals surface area contributed by atoms with Crippen LogP contribution in [0.2, 0.25) is 5.28 Å². The average molecular weight is 261 g/mol. The molecule has 7 nitrogen and oxygen atoms in total. The Morgan fingerprint density at radius 2 is 2.06 bits per heavy atom. The van der Waals surface area contributed by atoms with Gasteiger partial charge in [-0.2, -0.15) is 15.0 Å². The van der Waals surface area contributed by atoms with Crippen molar-refractivity contribution in [3.8, 4) is 6.01 Å². The van der Waals surface area contributed by atoms with Crippen molar-refractivity contribution >= 4 is 23.5 Å². The SMILES string of the molecule is CCOC(=O)CNc1nc(Cl)nc(OCC)n1. The molecule has 1 aromatic heterocycles. The van der Waals surface area contributed by atoms with Gasteiger partial charge in [0.1, 0.15) is 6.54 Å². The third-order valence-corrected chi connectivity index (χ3v) is 1.73. The number of aromatic nitrogens is 3. The number of esters is 1. The first-order valence-corrected chi connectivity index (χ1v) is 5.47. The van der Waals surface area contributed by atoms with E-state index in [4.69, 9.17) is 21.1 Å². The van der Waals surface area contributed by atoms with Crippen LogP contribution in [0.5, 0.6) is 6.01 Å². The molecule has 0 fully saturated rings. The third-order valence-electron chi connectivity index (χ3n) is 1.56. The Labute approximate surface area is 104 Å². The van der Waals surface area contributed by atoms with E-state index in [-0.39, 0.29) is 23.8 Å². The van der Waals surface area contributed by atoms with Gasteiger partial charge in [0.25, 0.3) is 0 Å². The van der Waals surface area contributed by atoms with Crippen molar-refractivity contribution in [1.29, 1.82) is 0 Å². The summed E-state index contributed by atoms with van der Waals surface area (Å²) in [5, 5.41) is 2.66. The molecule has 0 unspecified atom stereocenters.